The molecule has 29 heavy (non-hydrogen) atoms. The molecule has 0 fully saturated rings. The number of thiocarbonyl (C=S) groups is 1. The lowest BCUT2D eigenvalue weighted by Crippen LogP contribution is -2.48. The first-order chi connectivity index (χ1) is 14.0. The van der Waals surface area contributed by atoms with Crippen LogP contribution in [0.2, 0.25) is 0 Å². The fraction of sp³-hybridized carbons (Fsp3) is 0.238. The van der Waals surface area contributed by atoms with Gasteiger partial charge in [-0.2, -0.15) is 0 Å². The fourth-order valence-corrected chi connectivity index (χ4v) is 3.90. The molecule has 0 bridgehead atoms. The van der Waals surface area contributed by atoms with Gasteiger partial charge >= 0.3 is 5.97 Å². The average molecular weight is 414 g/mol. The number of ether oxygens (including phenoxy) is 3. The number of benzene rings is 2. The molecular formula is C21H19FN2O4S. The van der Waals surface area contributed by atoms with Gasteiger partial charge in [-0.3, -0.25) is 4.90 Å². The van der Waals surface area contributed by atoms with Crippen molar-refractivity contribution >= 4 is 29.0 Å². The molecule has 0 spiro atoms. The number of hydrogen-bond donors (Lipinski definition) is 1. The van der Waals surface area contributed by atoms with E-state index in [1.807, 2.05) is 6.07 Å². The van der Waals surface area contributed by atoms with Gasteiger partial charge in [0.1, 0.15) is 19.0 Å². The highest BCUT2D eigenvalue weighted by Crippen LogP contribution is 2.39. The van der Waals surface area contributed by atoms with Gasteiger partial charge in [-0.15, -0.1) is 0 Å². The van der Waals surface area contributed by atoms with Crippen molar-refractivity contribution in [3.63, 3.8) is 0 Å². The molecule has 0 radical (unpaired) electrons. The number of halogens is 1. The molecule has 1 atom stereocenters. The third-order valence-electron chi connectivity index (χ3n) is 4.89. The summed E-state index contributed by atoms with van der Waals surface area (Å²) >= 11 is 5.57. The van der Waals surface area contributed by atoms with Crippen LogP contribution in [0.25, 0.3) is 0 Å². The number of methoxy groups -OCH3 is 1. The highest BCUT2D eigenvalue weighted by atomic mass is 32.1. The molecule has 0 saturated carbocycles. The van der Waals surface area contributed by atoms with Crippen LogP contribution in [0.5, 0.6) is 11.5 Å². The Balaban J connectivity index is 1.82. The van der Waals surface area contributed by atoms with E-state index in [-0.39, 0.29) is 5.57 Å². The van der Waals surface area contributed by atoms with Crippen LogP contribution in [-0.4, -0.2) is 31.4 Å². The predicted molar refractivity (Wildman–Crippen MR) is 110 cm³/mol. The normalized spacial score (nSPS) is 18.4. The summed E-state index contributed by atoms with van der Waals surface area (Å²) in [4.78, 5) is 14.3. The summed E-state index contributed by atoms with van der Waals surface area (Å²) in [5, 5.41) is 3.42. The van der Waals surface area contributed by atoms with E-state index in [0.717, 1.165) is 0 Å². The Labute approximate surface area is 172 Å². The topological polar surface area (TPSA) is 60.0 Å². The van der Waals surface area contributed by atoms with E-state index in [0.29, 0.717) is 46.8 Å². The zero-order valence-electron chi connectivity index (χ0n) is 15.9. The van der Waals surface area contributed by atoms with Crippen molar-refractivity contribution in [3.05, 3.63) is 65.1 Å². The number of nitrogens with one attached hydrogen (secondary N) is 1. The van der Waals surface area contributed by atoms with E-state index >= 15 is 0 Å². The minimum Gasteiger partial charge on any atom is -0.486 e. The second kappa shape index (κ2) is 7.71. The van der Waals surface area contributed by atoms with Crippen molar-refractivity contribution in [2.24, 2.45) is 0 Å². The van der Waals surface area contributed by atoms with Crippen LogP contribution in [0.1, 0.15) is 18.5 Å². The predicted octanol–water partition coefficient (Wildman–Crippen LogP) is 3.48. The van der Waals surface area contributed by atoms with E-state index in [9.17, 15) is 9.18 Å². The van der Waals surface area contributed by atoms with Gasteiger partial charge in [0, 0.05) is 17.3 Å². The van der Waals surface area contributed by atoms with Crippen LogP contribution in [0, 0.1) is 5.82 Å². The molecule has 6 nitrogen and oxygen atoms in total. The summed E-state index contributed by atoms with van der Waals surface area (Å²) in [6.07, 6.45) is 0. The van der Waals surface area contributed by atoms with Crippen molar-refractivity contribution in [3.8, 4) is 11.5 Å². The number of rotatable bonds is 3. The Kier molecular flexibility index (Phi) is 5.10. The Morgan fingerprint density at radius 2 is 1.93 bits per heavy atom. The maximum atomic E-state index is 14.5. The Bertz CT molecular complexity index is 1020. The lowest BCUT2D eigenvalue weighted by atomic mass is 9.94. The molecule has 1 N–H and O–H groups in total. The number of anilines is 1. The molecule has 2 aromatic rings. The van der Waals surface area contributed by atoms with E-state index < -0.39 is 17.8 Å². The van der Waals surface area contributed by atoms with E-state index in [4.69, 9.17) is 26.4 Å². The third-order valence-corrected chi connectivity index (χ3v) is 5.19. The summed E-state index contributed by atoms with van der Waals surface area (Å²) in [6.45, 7) is 2.70. The maximum Gasteiger partial charge on any atom is 0.337 e. The fourth-order valence-electron chi connectivity index (χ4n) is 3.54. The van der Waals surface area contributed by atoms with Gasteiger partial charge in [0.15, 0.2) is 16.6 Å². The van der Waals surface area contributed by atoms with Gasteiger partial charge in [-0.1, -0.05) is 18.2 Å². The second-order valence-corrected chi connectivity index (χ2v) is 6.94. The SMILES string of the molecule is COC(=O)C1=C(C)N(c2ccc3c(c2)OCCO3)C(=S)N[C@H]1c1ccccc1F. The van der Waals surface area contributed by atoms with Crippen LogP contribution >= 0.6 is 12.2 Å². The molecule has 2 heterocycles. The Morgan fingerprint density at radius 1 is 1.21 bits per heavy atom. The summed E-state index contributed by atoms with van der Waals surface area (Å²) < 4.78 is 30.7. The largest absolute Gasteiger partial charge is 0.486 e. The zero-order valence-corrected chi connectivity index (χ0v) is 16.7. The number of fused-ring (bicyclic) bond motifs is 1. The number of esters is 1. The first-order valence-corrected chi connectivity index (χ1v) is 9.46. The van der Waals surface area contributed by atoms with Crippen LogP contribution in [0.3, 0.4) is 0 Å². The molecule has 4 rings (SSSR count). The van der Waals surface area contributed by atoms with Gasteiger partial charge in [0.2, 0.25) is 0 Å². The highest BCUT2D eigenvalue weighted by Gasteiger charge is 2.36. The molecule has 150 valence electrons. The number of carbonyl (C=O) groups excluding carboxylic acids is 1. The second-order valence-electron chi connectivity index (χ2n) is 6.56. The lowest BCUT2D eigenvalue weighted by molar-refractivity contribution is -0.136. The smallest absolute Gasteiger partial charge is 0.337 e. The molecule has 0 amide bonds. The summed E-state index contributed by atoms with van der Waals surface area (Å²) in [6, 6.07) is 10.9. The average Bonchev–Trinajstić information content (AvgIpc) is 2.73. The van der Waals surface area contributed by atoms with Crippen LogP contribution < -0.4 is 19.7 Å². The van der Waals surface area contributed by atoms with E-state index in [2.05, 4.69) is 5.32 Å². The molecule has 2 aromatic carbocycles. The van der Waals surface area contributed by atoms with Crippen molar-refractivity contribution < 1.29 is 23.4 Å². The van der Waals surface area contributed by atoms with Crippen molar-refractivity contribution in [2.75, 3.05) is 25.2 Å². The molecule has 2 aliphatic rings. The molecule has 2 aliphatic heterocycles. The Morgan fingerprint density at radius 3 is 2.66 bits per heavy atom. The molecule has 0 saturated heterocycles. The monoisotopic (exact) mass is 414 g/mol. The van der Waals surface area contributed by atoms with Crippen LogP contribution in [0.4, 0.5) is 10.1 Å². The molecule has 0 aromatic heterocycles. The molecule has 8 heteroatoms. The van der Waals surface area contributed by atoms with Crippen LogP contribution in [-0.2, 0) is 9.53 Å². The van der Waals surface area contributed by atoms with Gasteiger partial charge in [-0.05, 0) is 37.3 Å². The van der Waals surface area contributed by atoms with Gasteiger partial charge in [0.05, 0.1) is 24.4 Å². The van der Waals surface area contributed by atoms with E-state index in [1.165, 1.54) is 13.2 Å². The summed E-state index contributed by atoms with van der Waals surface area (Å²) in [7, 11) is 1.29. The third kappa shape index (κ3) is 3.40. The van der Waals surface area contributed by atoms with Crippen LogP contribution in [0.15, 0.2) is 53.7 Å². The quantitative estimate of drug-likeness (QED) is 0.610. The lowest BCUT2D eigenvalue weighted by Gasteiger charge is -2.37. The standard InChI is InChI=1S/C21H19FN2O4S/c1-12-18(20(25)26-2)19(14-5-3-4-6-15(14)22)23-21(29)24(12)13-7-8-16-17(11-13)28-10-9-27-16/h3-8,11,19H,9-10H2,1-2H3,(H,23,29)/t19-/m0/s1. The minimum atomic E-state index is -0.760. The minimum absolute atomic E-state index is 0.279. The van der Waals surface area contributed by atoms with Gasteiger partial charge in [-0.25, -0.2) is 9.18 Å². The summed E-state index contributed by atoms with van der Waals surface area (Å²) in [5.41, 5.74) is 1.83. The van der Waals surface area contributed by atoms with Crippen molar-refractivity contribution in [2.45, 2.75) is 13.0 Å². The van der Waals surface area contributed by atoms with Gasteiger partial charge in [0.25, 0.3) is 0 Å². The number of allylic oxidation sites excluding steroid dienone is 1. The Hall–Kier alpha value is -3.13. The number of hydrogen-bond acceptors (Lipinski definition) is 5. The molecule has 0 aliphatic carbocycles. The van der Waals surface area contributed by atoms with Crippen molar-refractivity contribution in [1.29, 1.82) is 0 Å². The highest BCUT2D eigenvalue weighted by molar-refractivity contribution is 7.80. The first kappa shape index (κ1) is 19.2. The maximum absolute atomic E-state index is 14.5. The van der Waals surface area contributed by atoms with Crippen molar-refractivity contribution in [1.82, 2.24) is 5.32 Å². The number of nitrogens with zero attached hydrogens (tertiary/aromatic N) is 1. The van der Waals surface area contributed by atoms with Gasteiger partial charge < -0.3 is 19.5 Å². The summed E-state index contributed by atoms with van der Waals surface area (Å²) in [5.74, 6) is 0.248. The first-order valence-electron chi connectivity index (χ1n) is 9.05. The molecule has 0 unspecified atom stereocenters. The van der Waals surface area contributed by atoms with E-state index in [1.54, 1.807) is 42.2 Å². The zero-order chi connectivity index (χ0) is 20.5. The number of carbonyl (C=O) groups is 1. The molecular weight excluding hydrogens is 395 g/mol.